The highest BCUT2D eigenvalue weighted by Crippen LogP contribution is 2.24. The molecule has 24 heavy (non-hydrogen) atoms. The first kappa shape index (κ1) is 17.0. The topological polar surface area (TPSA) is 56.1 Å². The Labute approximate surface area is 147 Å². The third-order valence-electron chi connectivity index (χ3n) is 4.23. The molecular formula is C18H22ClN3O2. The maximum absolute atomic E-state index is 12.6. The van der Waals surface area contributed by atoms with Crippen molar-refractivity contribution in [2.24, 2.45) is 5.92 Å². The molecule has 0 bridgehead atoms. The second-order valence-electron chi connectivity index (χ2n) is 6.43. The van der Waals surface area contributed by atoms with Gasteiger partial charge < -0.3 is 10.1 Å². The fourth-order valence-electron chi connectivity index (χ4n) is 2.98. The summed E-state index contributed by atoms with van der Waals surface area (Å²) >= 11 is 6.09. The molecule has 1 aliphatic rings. The Kier molecular flexibility index (Phi) is 5.21. The largest absolute Gasteiger partial charge is 0.381 e. The lowest BCUT2D eigenvalue weighted by atomic mass is 10.0. The molecule has 1 aromatic carbocycles. The number of nitrogens with one attached hydrogen (secondary N) is 1. The Morgan fingerprint density at radius 1 is 1.50 bits per heavy atom. The van der Waals surface area contributed by atoms with Crippen LogP contribution >= 0.6 is 11.6 Å². The Hall–Kier alpha value is -1.85. The first-order valence-corrected chi connectivity index (χ1v) is 8.64. The Bertz CT molecular complexity index is 721. The zero-order chi connectivity index (χ0) is 17.1. The summed E-state index contributed by atoms with van der Waals surface area (Å²) in [6.45, 7) is 6.25. The molecule has 2 heterocycles. The molecule has 1 atom stereocenters. The van der Waals surface area contributed by atoms with Crippen molar-refractivity contribution >= 4 is 17.5 Å². The van der Waals surface area contributed by atoms with Crippen LogP contribution in [0.5, 0.6) is 0 Å². The summed E-state index contributed by atoms with van der Waals surface area (Å²) in [7, 11) is 0. The van der Waals surface area contributed by atoms with Gasteiger partial charge in [-0.1, -0.05) is 31.5 Å². The van der Waals surface area contributed by atoms with E-state index in [1.165, 1.54) is 0 Å². The Morgan fingerprint density at radius 2 is 2.33 bits per heavy atom. The molecule has 1 aliphatic heterocycles. The minimum Gasteiger partial charge on any atom is -0.381 e. The standard InChI is InChI=1S/C18H22ClN3O2/c1-12(2)17-16(18(23)20-9-13-6-7-24-11-13)10-21-22(17)15-5-3-4-14(19)8-15/h3-5,8,10,12-13H,6-7,9,11H2,1-2H3,(H,20,23)/t13-/m0/s1. The number of hydrogen-bond acceptors (Lipinski definition) is 3. The first-order valence-electron chi connectivity index (χ1n) is 8.26. The van der Waals surface area contributed by atoms with E-state index in [4.69, 9.17) is 16.3 Å². The van der Waals surface area contributed by atoms with Gasteiger partial charge in [0.05, 0.1) is 29.7 Å². The molecule has 1 saturated heterocycles. The summed E-state index contributed by atoms with van der Waals surface area (Å²) in [6, 6.07) is 7.48. The van der Waals surface area contributed by atoms with E-state index in [0.717, 1.165) is 31.0 Å². The highest BCUT2D eigenvalue weighted by molar-refractivity contribution is 6.30. The van der Waals surface area contributed by atoms with Crippen molar-refractivity contribution < 1.29 is 9.53 Å². The van der Waals surface area contributed by atoms with E-state index in [0.29, 0.717) is 23.0 Å². The van der Waals surface area contributed by atoms with Gasteiger partial charge in [-0.2, -0.15) is 5.10 Å². The molecule has 128 valence electrons. The monoisotopic (exact) mass is 347 g/mol. The van der Waals surface area contributed by atoms with Gasteiger partial charge in [-0.05, 0) is 30.5 Å². The SMILES string of the molecule is CC(C)c1c(C(=O)NC[C@@H]2CCOC2)cnn1-c1cccc(Cl)c1. The average molecular weight is 348 g/mol. The van der Waals surface area contributed by atoms with Gasteiger partial charge in [0, 0.05) is 24.1 Å². The normalized spacial score (nSPS) is 17.4. The second kappa shape index (κ2) is 7.36. The molecule has 0 aliphatic carbocycles. The molecule has 1 fully saturated rings. The first-order chi connectivity index (χ1) is 11.6. The minimum absolute atomic E-state index is 0.0844. The molecule has 1 N–H and O–H groups in total. The lowest BCUT2D eigenvalue weighted by Gasteiger charge is -2.14. The Balaban J connectivity index is 1.84. The van der Waals surface area contributed by atoms with Crippen molar-refractivity contribution in [1.29, 1.82) is 0 Å². The smallest absolute Gasteiger partial charge is 0.254 e. The highest BCUT2D eigenvalue weighted by atomic mass is 35.5. The molecule has 6 heteroatoms. The van der Waals surface area contributed by atoms with E-state index in [1.807, 2.05) is 24.3 Å². The van der Waals surface area contributed by atoms with E-state index in [1.54, 1.807) is 10.9 Å². The molecule has 0 spiro atoms. The van der Waals surface area contributed by atoms with Gasteiger partial charge in [0.15, 0.2) is 0 Å². The van der Waals surface area contributed by atoms with Crippen LogP contribution < -0.4 is 5.32 Å². The molecule has 1 aromatic heterocycles. The number of carbonyl (C=O) groups excluding carboxylic acids is 1. The van der Waals surface area contributed by atoms with E-state index in [-0.39, 0.29) is 11.8 Å². The molecular weight excluding hydrogens is 326 g/mol. The van der Waals surface area contributed by atoms with Gasteiger partial charge in [0.2, 0.25) is 0 Å². The second-order valence-corrected chi connectivity index (χ2v) is 6.87. The van der Waals surface area contributed by atoms with Crippen molar-refractivity contribution in [2.75, 3.05) is 19.8 Å². The van der Waals surface area contributed by atoms with Gasteiger partial charge in [0.1, 0.15) is 0 Å². The lowest BCUT2D eigenvalue weighted by Crippen LogP contribution is -2.30. The summed E-state index contributed by atoms with van der Waals surface area (Å²) in [4.78, 5) is 12.6. The van der Waals surface area contributed by atoms with Crippen LogP contribution in [0.1, 0.15) is 42.2 Å². The predicted octanol–water partition coefficient (Wildman–Crippen LogP) is 3.42. The average Bonchev–Trinajstić information content (AvgIpc) is 3.22. The predicted molar refractivity (Wildman–Crippen MR) is 93.9 cm³/mol. The number of amides is 1. The number of halogens is 1. The quantitative estimate of drug-likeness (QED) is 0.901. The van der Waals surface area contributed by atoms with Gasteiger partial charge in [-0.25, -0.2) is 4.68 Å². The number of nitrogens with zero attached hydrogens (tertiary/aromatic N) is 2. The van der Waals surface area contributed by atoms with Crippen molar-refractivity contribution in [3.63, 3.8) is 0 Å². The van der Waals surface area contributed by atoms with Crippen LogP contribution in [0.2, 0.25) is 5.02 Å². The fourth-order valence-corrected chi connectivity index (χ4v) is 3.16. The number of carbonyl (C=O) groups is 1. The highest BCUT2D eigenvalue weighted by Gasteiger charge is 2.22. The van der Waals surface area contributed by atoms with Crippen LogP contribution in [-0.4, -0.2) is 35.4 Å². The maximum atomic E-state index is 12.6. The van der Waals surface area contributed by atoms with Crippen molar-refractivity contribution in [1.82, 2.24) is 15.1 Å². The van der Waals surface area contributed by atoms with Crippen LogP contribution in [0.25, 0.3) is 5.69 Å². The van der Waals surface area contributed by atoms with E-state index in [9.17, 15) is 4.79 Å². The van der Waals surface area contributed by atoms with Crippen molar-refractivity contribution in [2.45, 2.75) is 26.2 Å². The lowest BCUT2D eigenvalue weighted by molar-refractivity contribution is 0.0943. The van der Waals surface area contributed by atoms with E-state index in [2.05, 4.69) is 24.3 Å². The number of rotatable bonds is 5. The summed E-state index contributed by atoms with van der Waals surface area (Å²) in [5.41, 5.74) is 2.36. The van der Waals surface area contributed by atoms with Crippen LogP contribution in [0.4, 0.5) is 0 Å². The third kappa shape index (κ3) is 3.62. The van der Waals surface area contributed by atoms with Gasteiger partial charge in [0.25, 0.3) is 5.91 Å². The van der Waals surface area contributed by atoms with Crippen LogP contribution in [0.3, 0.4) is 0 Å². The fraction of sp³-hybridized carbons (Fsp3) is 0.444. The van der Waals surface area contributed by atoms with Crippen LogP contribution in [0, 0.1) is 5.92 Å². The summed E-state index contributed by atoms with van der Waals surface area (Å²) < 4.78 is 7.15. The molecule has 1 amide bonds. The number of hydrogen-bond donors (Lipinski definition) is 1. The minimum atomic E-state index is -0.0844. The molecule has 0 unspecified atom stereocenters. The summed E-state index contributed by atoms with van der Waals surface area (Å²) in [5.74, 6) is 0.473. The van der Waals surface area contributed by atoms with Gasteiger partial charge in [-0.3, -0.25) is 4.79 Å². The van der Waals surface area contributed by atoms with Gasteiger partial charge in [-0.15, -0.1) is 0 Å². The van der Waals surface area contributed by atoms with Crippen LogP contribution in [0.15, 0.2) is 30.5 Å². The van der Waals surface area contributed by atoms with Crippen molar-refractivity contribution in [3.8, 4) is 5.69 Å². The maximum Gasteiger partial charge on any atom is 0.254 e. The third-order valence-corrected chi connectivity index (χ3v) is 4.46. The molecule has 5 nitrogen and oxygen atoms in total. The van der Waals surface area contributed by atoms with E-state index >= 15 is 0 Å². The summed E-state index contributed by atoms with van der Waals surface area (Å²) in [5, 5.41) is 8.08. The number of aromatic nitrogens is 2. The van der Waals surface area contributed by atoms with Gasteiger partial charge >= 0.3 is 0 Å². The zero-order valence-corrected chi connectivity index (χ0v) is 14.7. The molecule has 0 radical (unpaired) electrons. The number of benzene rings is 1. The Morgan fingerprint density at radius 3 is 3.00 bits per heavy atom. The summed E-state index contributed by atoms with van der Waals surface area (Å²) in [6.07, 6.45) is 2.63. The van der Waals surface area contributed by atoms with E-state index < -0.39 is 0 Å². The molecule has 0 saturated carbocycles. The van der Waals surface area contributed by atoms with Crippen molar-refractivity contribution in [3.05, 3.63) is 46.7 Å². The molecule has 3 rings (SSSR count). The van der Waals surface area contributed by atoms with Crippen LogP contribution in [-0.2, 0) is 4.74 Å². The molecule has 2 aromatic rings. The zero-order valence-electron chi connectivity index (χ0n) is 14.0. The number of ether oxygens (including phenoxy) is 1.